The van der Waals surface area contributed by atoms with Crippen molar-refractivity contribution in [3.05, 3.63) is 58.6 Å². The molecule has 10 heteroatoms. The van der Waals surface area contributed by atoms with E-state index in [0.717, 1.165) is 0 Å². The van der Waals surface area contributed by atoms with Crippen LogP contribution < -0.4 is 9.47 Å². The topological polar surface area (TPSA) is 64.4 Å². The number of alkyl halides is 2. The minimum atomic E-state index is -2.96. The van der Waals surface area contributed by atoms with Gasteiger partial charge in [0.15, 0.2) is 17.3 Å². The van der Waals surface area contributed by atoms with E-state index in [1.54, 1.807) is 12.1 Å². The molecule has 0 aliphatic carbocycles. The number of hydrogen-bond acceptors (Lipinski definition) is 5. The van der Waals surface area contributed by atoms with Gasteiger partial charge in [-0.2, -0.15) is 23.7 Å². The number of methoxy groups -OCH3 is 1. The maximum absolute atomic E-state index is 13.5. The molecule has 1 aromatic heterocycles. The van der Waals surface area contributed by atoms with E-state index in [1.807, 2.05) is 0 Å². The van der Waals surface area contributed by atoms with Crippen LogP contribution in [0.3, 0.4) is 0 Å². The first-order valence-corrected chi connectivity index (χ1v) is 7.99. The largest absolute Gasteiger partial charge is 0.493 e. The van der Waals surface area contributed by atoms with Crippen LogP contribution in [0.2, 0.25) is 0 Å². The fourth-order valence-electron chi connectivity index (χ4n) is 2.30. The van der Waals surface area contributed by atoms with Crippen molar-refractivity contribution in [2.24, 2.45) is 5.10 Å². The first-order valence-electron chi connectivity index (χ1n) is 7.58. The van der Waals surface area contributed by atoms with Gasteiger partial charge in [-0.3, -0.25) is 0 Å². The molecule has 1 N–H and O–H groups in total. The average Bonchev–Trinajstić information content (AvgIpc) is 3.01. The Bertz CT molecular complexity index is 1030. The van der Waals surface area contributed by atoms with Crippen LogP contribution in [0.15, 0.2) is 47.6 Å². The summed E-state index contributed by atoms with van der Waals surface area (Å²) in [5.74, 6) is -0.0675. The maximum Gasteiger partial charge on any atom is 0.387 e. The van der Waals surface area contributed by atoms with Crippen molar-refractivity contribution in [3.8, 4) is 22.9 Å². The Balaban J connectivity index is 1.93. The summed E-state index contributed by atoms with van der Waals surface area (Å²) >= 11 is 5.15. The Morgan fingerprint density at radius 1 is 1.22 bits per heavy atom. The van der Waals surface area contributed by atoms with Crippen molar-refractivity contribution in [1.82, 2.24) is 14.9 Å². The Morgan fingerprint density at radius 2 is 2.04 bits per heavy atom. The van der Waals surface area contributed by atoms with Gasteiger partial charge in [-0.25, -0.2) is 9.49 Å². The van der Waals surface area contributed by atoms with E-state index in [0.29, 0.717) is 17.0 Å². The molecule has 3 rings (SSSR count). The number of halogens is 3. The molecule has 0 atom stereocenters. The van der Waals surface area contributed by atoms with Crippen LogP contribution >= 0.6 is 12.2 Å². The molecule has 0 radical (unpaired) electrons. The normalized spacial score (nSPS) is 11.3. The number of ether oxygens (including phenoxy) is 2. The lowest BCUT2D eigenvalue weighted by atomic mass is 10.2. The van der Waals surface area contributed by atoms with Gasteiger partial charge in [-0.15, -0.1) is 0 Å². The summed E-state index contributed by atoms with van der Waals surface area (Å²) in [7, 11) is 1.34. The van der Waals surface area contributed by atoms with Gasteiger partial charge in [-0.05, 0) is 48.1 Å². The van der Waals surface area contributed by atoms with E-state index < -0.39 is 12.4 Å². The number of rotatable bonds is 6. The second-order valence-electron chi connectivity index (χ2n) is 5.21. The van der Waals surface area contributed by atoms with Crippen molar-refractivity contribution >= 4 is 18.4 Å². The first kappa shape index (κ1) is 18.6. The molecule has 0 spiro atoms. The summed E-state index contributed by atoms with van der Waals surface area (Å²) in [5, 5.41) is 10.9. The van der Waals surface area contributed by atoms with Gasteiger partial charge in [0.05, 0.1) is 13.3 Å². The maximum atomic E-state index is 13.5. The molecule has 0 aliphatic rings. The van der Waals surface area contributed by atoms with Crippen molar-refractivity contribution in [3.63, 3.8) is 0 Å². The van der Waals surface area contributed by atoms with Gasteiger partial charge in [0.2, 0.25) is 4.77 Å². The zero-order chi connectivity index (χ0) is 19.4. The molecular weight excluding hydrogens is 381 g/mol. The fraction of sp³-hybridized carbons (Fsp3) is 0.118. The molecule has 2 aromatic carbocycles. The molecule has 27 heavy (non-hydrogen) atoms. The lowest BCUT2D eigenvalue weighted by Gasteiger charge is -2.10. The van der Waals surface area contributed by atoms with Crippen LogP contribution in [0, 0.1) is 10.6 Å². The summed E-state index contributed by atoms with van der Waals surface area (Å²) in [4.78, 5) is 0. The van der Waals surface area contributed by atoms with Crippen LogP contribution in [-0.2, 0) is 0 Å². The molecule has 0 saturated heterocycles. The molecule has 3 aromatic rings. The Hall–Kier alpha value is -3.14. The number of aromatic amines is 1. The number of benzene rings is 2. The predicted molar refractivity (Wildman–Crippen MR) is 95.4 cm³/mol. The summed E-state index contributed by atoms with van der Waals surface area (Å²) in [5.41, 5.74) is 1.03. The quantitative estimate of drug-likeness (QED) is 0.502. The fourth-order valence-corrected chi connectivity index (χ4v) is 2.47. The zero-order valence-corrected chi connectivity index (χ0v) is 14.7. The van der Waals surface area contributed by atoms with Crippen LogP contribution in [0.25, 0.3) is 11.4 Å². The minimum absolute atomic E-state index is 0.0926. The van der Waals surface area contributed by atoms with Crippen molar-refractivity contribution in [2.75, 3.05) is 7.11 Å². The van der Waals surface area contributed by atoms with Gasteiger partial charge in [-0.1, -0.05) is 12.1 Å². The third-order valence-corrected chi connectivity index (χ3v) is 3.72. The molecule has 1 heterocycles. The molecule has 0 aliphatic heterocycles. The second kappa shape index (κ2) is 8.04. The zero-order valence-electron chi connectivity index (χ0n) is 13.9. The van der Waals surface area contributed by atoms with E-state index in [4.69, 9.17) is 17.0 Å². The van der Waals surface area contributed by atoms with Gasteiger partial charge in [0, 0.05) is 5.56 Å². The van der Waals surface area contributed by atoms with Gasteiger partial charge >= 0.3 is 6.61 Å². The van der Waals surface area contributed by atoms with Crippen LogP contribution in [0.5, 0.6) is 11.5 Å². The number of aromatic nitrogens is 3. The highest BCUT2D eigenvalue weighted by atomic mass is 32.1. The number of H-pyrrole nitrogens is 1. The van der Waals surface area contributed by atoms with Gasteiger partial charge < -0.3 is 9.47 Å². The number of nitrogens with one attached hydrogen (secondary N) is 1. The van der Waals surface area contributed by atoms with Crippen LogP contribution in [0.1, 0.15) is 5.56 Å². The first-order chi connectivity index (χ1) is 13.0. The van der Waals surface area contributed by atoms with Gasteiger partial charge in [0.1, 0.15) is 5.82 Å². The molecule has 0 unspecified atom stereocenters. The lowest BCUT2D eigenvalue weighted by Crippen LogP contribution is -2.04. The average molecular weight is 394 g/mol. The molecule has 0 fully saturated rings. The second-order valence-corrected chi connectivity index (χ2v) is 5.59. The van der Waals surface area contributed by atoms with Crippen LogP contribution in [-0.4, -0.2) is 34.8 Å². The third kappa shape index (κ3) is 4.34. The molecule has 0 saturated carbocycles. The Kier molecular flexibility index (Phi) is 5.55. The van der Waals surface area contributed by atoms with Crippen LogP contribution in [0.4, 0.5) is 13.2 Å². The van der Waals surface area contributed by atoms with Crippen molar-refractivity contribution < 1.29 is 22.6 Å². The predicted octanol–water partition coefficient (Wildman–Crippen LogP) is 4.24. The summed E-state index contributed by atoms with van der Waals surface area (Å²) in [6.07, 6.45) is 1.43. The highest BCUT2D eigenvalue weighted by Gasteiger charge is 2.11. The highest BCUT2D eigenvalue weighted by molar-refractivity contribution is 7.71. The van der Waals surface area contributed by atoms with E-state index >= 15 is 0 Å². The third-order valence-electron chi connectivity index (χ3n) is 3.46. The SMILES string of the molecule is COc1cc(/C=N\n2c(-c3cccc(F)c3)n[nH]c2=S)ccc1OC(F)F. The van der Waals surface area contributed by atoms with Crippen molar-refractivity contribution in [2.45, 2.75) is 6.61 Å². The monoisotopic (exact) mass is 394 g/mol. The number of hydrogen-bond donors (Lipinski definition) is 1. The number of nitrogens with zero attached hydrogens (tertiary/aromatic N) is 3. The lowest BCUT2D eigenvalue weighted by molar-refractivity contribution is -0.0512. The molecule has 140 valence electrons. The molecule has 6 nitrogen and oxygen atoms in total. The van der Waals surface area contributed by atoms with E-state index in [-0.39, 0.29) is 16.3 Å². The standard InChI is InChI=1S/C17H13F3N4O2S/c1-25-14-7-10(5-6-13(14)26-16(19)20)9-21-24-15(22-23-17(24)27)11-3-2-4-12(18)8-11/h2-9,16H,1H3,(H,23,27)/b21-9-. The van der Waals surface area contributed by atoms with E-state index in [1.165, 1.54) is 48.3 Å². The Labute approximate surface area is 156 Å². The molecular formula is C17H13F3N4O2S. The molecule has 0 amide bonds. The molecule has 0 bridgehead atoms. The smallest absolute Gasteiger partial charge is 0.387 e. The summed E-state index contributed by atoms with van der Waals surface area (Å²) in [6.45, 7) is -2.96. The summed E-state index contributed by atoms with van der Waals surface area (Å²) < 4.78 is 49.2. The van der Waals surface area contributed by atoms with Gasteiger partial charge in [0.25, 0.3) is 0 Å². The van der Waals surface area contributed by atoms with Crippen molar-refractivity contribution in [1.29, 1.82) is 0 Å². The summed E-state index contributed by atoms with van der Waals surface area (Å²) in [6, 6.07) is 10.2. The minimum Gasteiger partial charge on any atom is -0.493 e. The Morgan fingerprint density at radius 3 is 2.74 bits per heavy atom. The highest BCUT2D eigenvalue weighted by Crippen LogP contribution is 2.29. The van der Waals surface area contributed by atoms with E-state index in [2.05, 4.69) is 20.0 Å². The van der Waals surface area contributed by atoms with E-state index in [9.17, 15) is 13.2 Å².